The summed E-state index contributed by atoms with van der Waals surface area (Å²) >= 11 is 1.60. The van der Waals surface area contributed by atoms with E-state index in [0.717, 1.165) is 38.3 Å². The number of aryl methyl sites for hydroxylation is 2. The third-order valence-electron chi connectivity index (χ3n) is 4.72. The number of fused-ring (bicyclic) bond motifs is 1. The maximum absolute atomic E-state index is 12.3. The van der Waals surface area contributed by atoms with Crippen molar-refractivity contribution in [2.24, 2.45) is 0 Å². The van der Waals surface area contributed by atoms with Crippen molar-refractivity contribution in [3.05, 3.63) is 65.3 Å². The van der Waals surface area contributed by atoms with Gasteiger partial charge in [0, 0.05) is 21.8 Å². The van der Waals surface area contributed by atoms with E-state index in [1.54, 1.807) is 11.3 Å². The number of anilines is 3. The first-order valence-electron chi connectivity index (χ1n) is 9.32. The van der Waals surface area contributed by atoms with Crippen molar-refractivity contribution in [1.29, 1.82) is 0 Å². The second-order valence-electron chi connectivity index (χ2n) is 6.68. The van der Waals surface area contributed by atoms with Crippen LogP contribution in [0, 0.1) is 6.92 Å². The fourth-order valence-electron chi connectivity index (χ4n) is 3.30. The van der Waals surface area contributed by atoms with Gasteiger partial charge in [0.15, 0.2) is 0 Å². The lowest BCUT2D eigenvalue weighted by Gasteiger charge is -2.10. The zero-order valence-electron chi connectivity index (χ0n) is 16.2. The molecule has 2 heterocycles. The number of carbonyl (C=O) groups is 1. The molecule has 7 heteroatoms. The van der Waals surface area contributed by atoms with Crippen LogP contribution in [0.4, 0.5) is 22.0 Å². The summed E-state index contributed by atoms with van der Waals surface area (Å²) in [6.07, 6.45) is 2.41. The molecule has 6 nitrogen and oxygen atoms in total. The standard InChI is InChI=1S/C22H21N5OS/c1-3-14-5-4-6-17(11-14)27-22(28)26-16-9-7-15(8-10-16)18-13(2)29-21-19(18)20(23)24-12-25-21/h4-12H,3H2,1-2H3,(H2,23,24,25)(H2,26,27,28). The Balaban J connectivity index is 1.53. The van der Waals surface area contributed by atoms with E-state index < -0.39 is 0 Å². The SMILES string of the molecule is CCc1cccc(NC(=O)Nc2ccc(-c3c(C)sc4ncnc(N)c34)cc2)c1. The lowest BCUT2D eigenvalue weighted by Crippen LogP contribution is -2.19. The molecule has 0 spiro atoms. The minimum atomic E-state index is -0.277. The maximum Gasteiger partial charge on any atom is 0.323 e. The summed E-state index contributed by atoms with van der Waals surface area (Å²) in [4.78, 5) is 22.8. The van der Waals surface area contributed by atoms with Gasteiger partial charge >= 0.3 is 6.03 Å². The summed E-state index contributed by atoms with van der Waals surface area (Å²) in [6, 6.07) is 15.2. The second-order valence-corrected chi connectivity index (χ2v) is 7.89. The zero-order valence-corrected chi connectivity index (χ0v) is 17.0. The van der Waals surface area contributed by atoms with E-state index in [1.807, 2.05) is 55.5 Å². The number of rotatable bonds is 4. The molecule has 4 N–H and O–H groups in total. The summed E-state index contributed by atoms with van der Waals surface area (Å²) in [5.41, 5.74) is 10.8. The number of nitrogens with one attached hydrogen (secondary N) is 2. The van der Waals surface area contributed by atoms with Crippen LogP contribution in [0.1, 0.15) is 17.4 Å². The zero-order chi connectivity index (χ0) is 20.4. The normalized spacial score (nSPS) is 10.8. The number of hydrogen-bond acceptors (Lipinski definition) is 5. The Morgan fingerprint density at radius 1 is 1.07 bits per heavy atom. The molecular formula is C22H21N5OS. The summed E-state index contributed by atoms with van der Waals surface area (Å²) < 4.78 is 0. The van der Waals surface area contributed by atoms with Gasteiger partial charge < -0.3 is 16.4 Å². The van der Waals surface area contributed by atoms with E-state index in [1.165, 1.54) is 11.9 Å². The van der Waals surface area contributed by atoms with Crippen molar-refractivity contribution >= 4 is 44.8 Å². The number of amides is 2. The van der Waals surface area contributed by atoms with Crippen molar-refractivity contribution in [3.8, 4) is 11.1 Å². The predicted octanol–water partition coefficient (Wildman–Crippen LogP) is 5.46. The minimum Gasteiger partial charge on any atom is -0.383 e. The average molecular weight is 404 g/mol. The van der Waals surface area contributed by atoms with Crippen LogP contribution in [0.2, 0.25) is 0 Å². The van der Waals surface area contributed by atoms with E-state index in [9.17, 15) is 4.79 Å². The Bertz CT molecular complexity index is 1180. The fourth-order valence-corrected chi connectivity index (χ4v) is 4.32. The van der Waals surface area contributed by atoms with E-state index in [0.29, 0.717) is 11.5 Å². The number of nitrogens with zero attached hydrogens (tertiary/aromatic N) is 2. The predicted molar refractivity (Wildman–Crippen MR) is 120 cm³/mol. The molecule has 0 fully saturated rings. The third kappa shape index (κ3) is 3.90. The summed E-state index contributed by atoms with van der Waals surface area (Å²) in [6.45, 7) is 4.13. The Morgan fingerprint density at radius 3 is 2.59 bits per heavy atom. The molecule has 0 aliphatic carbocycles. The fraction of sp³-hybridized carbons (Fsp3) is 0.136. The highest BCUT2D eigenvalue weighted by atomic mass is 32.1. The van der Waals surface area contributed by atoms with Gasteiger partial charge in [0.05, 0.1) is 5.39 Å². The number of carbonyl (C=O) groups excluding carboxylic acids is 1. The number of nitrogen functional groups attached to an aromatic ring is 1. The van der Waals surface area contributed by atoms with Gasteiger partial charge in [-0.1, -0.05) is 31.2 Å². The first-order valence-corrected chi connectivity index (χ1v) is 10.1. The van der Waals surface area contributed by atoms with Crippen molar-refractivity contribution in [2.45, 2.75) is 20.3 Å². The van der Waals surface area contributed by atoms with Crippen LogP contribution in [0.25, 0.3) is 21.3 Å². The van der Waals surface area contributed by atoms with Crippen LogP contribution < -0.4 is 16.4 Å². The Kier molecular flexibility index (Phi) is 5.14. The maximum atomic E-state index is 12.3. The number of thiophene rings is 1. The van der Waals surface area contributed by atoms with E-state index >= 15 is 0 Å². The molecular weight excluding hydrogens is 382 g/mol. The Morgan fingerprint density at radius 2 is 1.83 bits per heavy atom. The van der Waals surface area contributed by atoms with Gasteiger partial charge in [-0.3, -0.25) is 0 Å². The Labute approximate surface area is 172 Å². The number of nitrogens with two attached hydrogens (primary N) is 1. The van der Waals surface area contributed by atoms with Gasteiger partial charge in [0.1, 0.15) is 17.0 Å². The Hall–Kier alpha value is -3.45. The summed E-state index contributed by atoms with van der Waals surface area (Å²) in [7, 11) is 0. The minimum absolute atomic E-state index is 0.277. The first kappa shape index (κ1) is 18.9. The van der Waals surface area contributed by atoms with E-state index in [2.05, 4.69) is 27.5 Å². The molecule has 4 aromatic rings. The monoisotopic (exact) mass is 403 g/mol. The van der Waals surface area contributed by atoms with Crippen molar-refractivity contribution in [2.75, 3.05) is 16.4 Å². The smallest absolute Gasteiger partial charge is 0.323 e. The van der Waals surface area contributed by atoms with Gasteiger partial charge in [0.25, 0.3) is 0 Å². The van der Waals surface area contributed by atoms with Crippen LogP contribution in [0.3, 0.4) is 0 Å². The third-order valence-corrected chi connectivity index (χ3v) is 5.73. The summed E-state index contributed by atoms with van der Waals surface area (Å²) in [5.74, 6) is 0.477. The number of urea groups is 1. The molecule has 0 radical (unpaired) electrons. The van der Waals surface area contributed by atoms with Gasteiger partial charge in [-0.15, -0.1) is 11.3 Å². The van der Waals surface area contributed by atoms with E-state index in [-0.39, 0.29) is 6.03 Å². The van der Waals surface area contributed by atoms with E-state index in [4.69, 9.17) is 5.73 Å². The molecule has 0 atom stereocenters. The molecule has 0 bridgehead atoms. The molecule has 0 saturated heterocycles. The number of hydrogen-bond donors (Lipinski definition) is 3. The molecule has 0 saturated carbocycles. The van der Waals surface area contributed by atoms with Gasteiger partial charge in [-0.05, 0) is 48.7 Å². The molecule has 4 rings (SSSR count). The largest absolute Gasteiger partial charge is 0.383 e. The van der Waals surface area contributed by atoms with Gasteiger partial charge in [-0.25, -0.2) is 14.8 Å². The molecule has 2 aromatic carbocycles. The molecule has 0 aliphatic rings. The lowest BCUT2D eigenvalue weighted by atomic mass is 10.0. The van der Waals surface area contributed by atoms with Crippen LogP contribution >= 0.6 is 11.3 Å². The molecule has 146 valence electrons. The number of aromatic nitrogens is 2. The first-order chi connectivity index (χ1) is 14.0. The molecule has 2 aromatic heterocycles. The number of benzene rings is 2. The highest BCUT2D eigenvalue weighted by Crippen LogP contribution is 2.39. The summed E-state index contributed by atoms with van der Waals surface area (Å²) in [5, 5.41) is 6.61. The van der Waals surface area contributed by atoms with Gasteiger partial charge in [0.2, 0.25) is 0 Å². The lowest BCUT2D eigenvalue weighted by molar-refractivity contribution is 0.262. The highest BCUT2D eigenvalue weighted by molar-refractivity contribution is 7.19. The topological polar surface area (TPSA) is 92.9 Å². The van der Waals surface area contributed by atoms with Crippen molar-refractivity contribution in [1.82, 2.24) is 9.97 Å². The van der Waals surface area contributed by atoms with Crippen molar-refractivity contribution < 1.29 is 4.79 Å². The van der Waals surface area contributed by atoms with Crippen LogP contribution in [0.15, 0.2) is 54.9 Å². The van der Waals surface area contributed by atoms with Gasteiger partial charge in [-0.2, -0.15) is 0 Å². The average Bonchev–Trinajstić information content (AvgIpc) is 3.06. The van der Waals surface area contributed by atoms with Crippen LogP contribution in [-0.2, 0) is 6.42 Å². The quantitative estimate of drug-likeness (QED) is 0.422. The molecule has 29 heavy (non-hydrogen) atoms. The van der Waals surface area contributed by atoms with Crippen LogP contribution in [0.5, 0.6) is 0 Å². The second kappa shape index (κ2) is 7.89. The molecule has 0 aliphatic heterocycles. The molecule has 0 unspecified atom stereocenters. The highest BCUT2D eigenvalue weighted by Gasteiger charge is 2.15. The van der Waals surface area contributed by atoms with Crippen molar-refractivity contribution in [3.63, 3.8) is 0 Å². The van der Waals surface area contributed by atoms with Crippen LogP contribution in [-0.4, -0.2) is 16.0 Å². The molecule has 2 amide bonds.